The van der Waals surface area contributed by atoms with Crippen molar-refractivity contribution in [3.05, 3.63) is 90.0 Å². The Morgan fingerprint density at radius 2 is 1.53 bits per heavy atom. The number of hydrogen-bond acceptors (Lipinski definition) is 5. The second-order valence-electron chi connectivity index (χ2n) is 8.01. The quantitative estimate of drug-likeness (QED) is 0.562. The van der Waals surface area contributed by atoms with E-state index in [0.29, 0.717) is 18.0 Å². The zero-order valence-electron chi connectivity index (χ0n) is 18.0. The highest BCUT2D eigenvalue weighted by Gasteiger charge is 2.60. The first kappa shape index (κ1) is 20.3. The topological polar surface area (TPSA) is 59.1 Å². The van der Waals surface area contributed by atoms with Crippen molar-refractivity contribution in [1.29, 1.82) is 0 Å². The number of hydroxylamine groups is 1. The summed E-state index contributed by atoms with van der Waals surface area (Å²) in [6.07, 6.45) is -0.874. The predicted octanol–water partition coefficient (Wildman–Crippen LogP) is 4.44. The van der Waals surface area contributed by atoms with Crippen molar-refractivity contribution in [3.8, 4) is 5.75 Å². The molecule has 2 heterocycles. The third-order valence-corrected chi connectivity index (χ3v) is 5.95. The number of para-hydroxylation sites is 1. The van der Waals surface area contributed by atoms with Crippen LogP contribution in [0, 0.1) is 12.8 Å². The first-order chi connectivity index (χ1) is 15.6. The summed E-state index contributed by atoms with van der Waals surface area (Å²) in [5, 5.41) is 1.71. The number of benzene rings is 3. The van der Waals surface area contributed by atoms with E-state index in [9.17, 15) is 9.59 Å². The number of ether oxygens (including phenoxy) is 1. The molecule has 3 aromatic rings. The molecule has 2 aliphatic rings. The van der Waals surface area contributed by atoms with Gasteiger partial charge in [0.15, 0.2) is 6.10 Å². The van der Waals surface area contributed by atoms with Crippen molar-refractivity contribution in [2.45, 2.75) is 26.0 Å². The second kappa shape index (κ2) is 8.13. The molecule has 3 aromatic carbocycles. The molecule has 6 heteroatoms. The summed E-state index contributed by atoms with van der Waals surface area (Å²) in [5.41, 5.74) is 3.39. The van der Waals surface area contributed by atoms with E-state index < -0.39 is 18.1 Å². The van der Waals surface area contributed by atoms with Crippen LogP contribution in [0.2, 0.25) is 0 Å². The number of fused-ring (bicyclic) bond motifs is 1. The summed E-state index contributed by atoms with van der Waals surface area (Å²) in [6.45, 7) is 4.47. The smallest absolute Gasteiger partial charge is 0.266 e. The van der Waals surface area contributed by atoms with E-state index in [4.69, 9.17) is 9.57 Å². The molecule has 0 aromatic heterocycles. The van der Waals surface area contributed by atoms with Gasteiger partial charge in [0.2, 0.25) is 5.91 Å². The SMILES string of the molecule is CCOc1ccc(N2C(=O)[C@H]3[C@@H](c4ccc(C)cc4)N(c4ccccc4)O[C@H]3C2=O)cc1. The number of amides is 2. The van der Waals surface area contributed by atoms with Gasteiger partial charge >= 0.3 is 0 Å². The molecule has 0 saturated carbocycles. The molecule has 3 atom stereocenters. The number of rotatable bonds is 5. The predicted molar refractivity (Wildman–Crippen MR) is 121 cm³/mol. The summed E-state index contributed by atoms with van der Waals surface area (Å²) in [4.78, 5) is 34.3. The molecule has 0 aliphatic carbocycles. The van der Waals surface area contributed by atoms with Gasteiger partial charge in [-0.15, -0.1) is 0 Å². The van der Waals surface area contributed by atoms with Crippen LogP contribution in [-0.2, 0) is 14.4 Å². The molecule has 162 valence electrons. The fourth-order valence-corrected chi connectivity index (χ4v) is 4.43. The summed E-state index contributed by atoms with van der Waals surface area (Å²) in [7, 11) is 0. The lowest BCUT2D eigenvalue weighted by Crippen LogP contribution is -2.37. The van der Waals surface area contributed by atoms with Crippen molar-refractivity contribution in [3.63, 3.8) is 0 Å². The fourth-order valence-electron chi connectivity index (χ4n) is 4.43. The second-order valence-corrected chi connectivity index (χ2v) is 8.01. The lowest BCUT2D eigenvalue weighted by molar-refractivity contribution is -0.126. The van der Waals surface area contributed by atoms with E-state index in [1.807, 2.05) is 68.4 Å². The third kappa shape index (κ3) is 3.33. The fraction of sp³-hybridized carbons (Fsp3) is 0.231. The molecule has 2 saturated heterocycles. The van der Waals surface area contributed by atoms with Crippen molar-refractivity contribution in [2.75, 3.05) is 16.6 Å². The van der Waals surface area contributed by atoms with Crippen molar-refractivity contribution in [1.82, 2.24) is 0 Å². The van der Waals surface area contributed by atoms with Crippen molar-refractivity contribution in [2.24, 2.45) is 5.92 Å². The van der Waals surface area contributed by atoms with Gasteiger partial charge in [-0.2, -0.15) is 0 Å². The zero-order valence-corrected chi connectivity index (χ0v) is 18.0. The van der Waals surface area contributed by atoms with E-state index in [-0.39, 0.29) is 11.8 Å². The van der Waals surface area contributed by atoms with E-state index in [1.54, 1.807) is 29.3 Å². The third-order valence-electron chi connectivity index (χ3n) is 5.95. The summed E-state index contributed by atoms with van der Waals surface area (Å²) in [5.74, 6) is -0.551. The molecule has 0 radical (unpaired) electrons. The number of carbonyl (C=O) groups excluding carboxylic acids is 2. The number of nitrogens with zero attached hydrogens (tertiary/aromatic N) is 2. The Morgan fingerprint density at radius 3 is 2.19 bits per heavy atom. The molecule has 0 spiro atoms. The van der Waals surface area contributed by atoms with Crippen LogP contribution in [0.5, 0.6) is 5.75 Å². The first-order valence-electron chi connectivity index (χ1n) is 10.8. The summed E-state index contributed by atoms with van der Waals surface area (Å²) < 4.78 is 5.48. The Morgan fingerprint density at radius 1 is 0.844 bits per heavy atom. The molecule has 2 amide bonds. The summed E-state index contributed by atoms with van der Waals surface area (Å²) in [6, 6.07) is 24.2. The lowest BCUT2D eigenvalue weighted by Gasteiger charge is -2.28. The van der Waals surface area contributed by atoms with Crippen molar-refractivity contribution >= 4 is 23.2 Å². The number of aryl methyl sites for hydroxylation is 1. The zero-order chi connectivity index (χ0) is 22.2. The van der Waals surface area contributed by atoms with Gasteiger partial charge in [-0.05, 0) is 55.8 Å². The summed E-state index contributed by atoms with van der Waals surface area (Å²) >= 11 is 0. The van der Waals surface area contributed by atoms with Crippen molar-refractivity contribution < 1.29 is 19.2 Å². The van der Waals surface area contributed by atoms with E-state index >= 15 is 0 Å². The molecule has 0 bridgehead atoms. The Kier molecular flexibility index (Phi) is 5.15. The maximum absolute atomic E-state index is 13.6. The molecule has 0 N–H and O–H groups in total. The lowest BCUT2D eigenvalue weighted by atomic mass is 9.90. The van der Waals surface area contributed by atoms with E-state index in [0.717, 1.165) is 16.8 Å². The number of anilines is 2. The Bertz CT molecular complexity index is 1130. The molecule has 2 fully saturated rings. The molecular formula is C26H24N2O4. The van der Waals surface area contributed by atoms with Crippen LogP contribution in [0.3, 0.4) is 0 Å². The van der Waals surface area contributed by atoms with Gasteiger partial charge in [-0.1, -0.05) is 48.0 Å². The first-order valence-corrected chi connectivity index (χ1v) is 10.8. The standard InChI is InChI=1S/C26H24N2O4/c1-3-31-21-15-13-19(14-16-21)27-25(29)22-23(18-11-9-17(2)10-12-18)28(32-24(22)26(27)30)20-7-5-4-6-8-20/h4-16,22-24H,3H2,1-2H3/t22-,23+,24+/m0/s1. The number of imide groups is 1. The molecule has 5 rings (SSSR count). The van der Waals surface area contributed by atoms with Gasteiger partial charge in [0.25, 0.3) is 5.91 Å². The molecule has 0 unspecified atom stereocenters. The number of hydrogen-bond donors (Lipinski definition) is 0. The van der Waals surface area contributed by atoms with E-state index in [2.05, 4.69) is 0 Å². The van der Waals surface area contributed by atoms with Crippen LogP contribution in [0.1, 0.15) is 24.1 Å². The minimum Gasteiger partial charge on any atom is -0.494 e. The Balaban J connectivity index is 1.53. The maximum Gasteiger partial charge on any atom is 0.266 e. The van der Waals surface area contributed by atoms with Crippen LogP contribution < -0.4 is 14.7 Å². The minimum atomic E-state index is -0.874. The Hall–Kier alpha value is -3.64. The van der Waals surface area contributed by atoms with Gasteiger partial charge < -0.3 is 4.74 Å². The van der Waals surface area contributed by atoms with Gasteiger partial charge in [-0.25, -0.2) is 9.96 Å². The maximum atomic E-state index is 13.6. The van der Waals surface area contributed by atoms with E-state index in [1.165, 1.54) is 4.90 Å². The average Bonchev–Trinajstić information content (AvgIpc) is 3.32. The Labute approximate surface area is 186 Å². The van der Waals surface area contributed by atoms with Gasteiger partial charge in [0, 0.05) is 0 Å². The number of carbonyl (C=O) groups is 2. The highest BCUT2D eigenvalue weighted by molar-refractivity contribution is 6.23. The molecule has 32 heavy (non-hydrogen) atoms. The van der Waals surface area contributed by atoms with Crippen LogP contribution in [0.15, 0.2) is 78.9 Å². The monoisotopic (exact) mass is 428 g/mol. The molecule has 2 aliphatic heterocycles. The van der Waals surface area contributed by atoms with Crippen LogP contribution in [0.25, 0.3) is 0 Å². The van der Waals surface area contributed by atoms with Crippen LogP contribution >= 0.6 is 0 Å². The minimum absolute atomic E-state index is 0.256. The normalized spacial score (nSPS) is 22.4. The van der Waals surface area contributed by atoms with Gasteiger partial charge in [0.05, 0.1) is 24.0 Å². The average molecular weight is 428 g/mol. The van der Waals surface area contributed by atoms with Crippen LogP contribution in [0.4, 0.5) is 11.4 Å². The van der Waals surface area contributed by atoms with Gasteiger partial charge in [0.1, 0.15) is 11.7 Å². The molecule has 6 nitrogen and oxygen atoms in total. The largest absolute Gasteiger partial charge is 0.494 e. The highest BCUT2D eigenvalue weighted by Crippen LogP contribution is 2.47. The highest BCUT2D eigenvalue weighted by atomic mass is 16.7. The van der Waals surface area contributed by atoms with Gasteiger partial charge in [-0.3, -0.25) is 14.4 Å². The molecular weight excluding hydrogens is 404 g/mol. The van der Waals surface area contributed by atoms with Crippen LogP contribution in [-0.4, -0.2) is 24.5 Å².